The summed E-state index contributed by atoms with van der Waals surface area (Å²) in [5, 5.41) is 6.65. The third kappa shape index (κ3) is 7.09. The van der Waals surface area contributed by atoms with E-state index >= 15 is 0 Å². The van der Waals surface area contributed by atoms with Gasteiger partial charge in [-0.25, -0.2) is 17.9 Å². The summed E-state index contributed by atoms with van der Waals surface area (Å²) >= 11 is 0. The first-order valence-corrected chi connectivity index (χ1v) is 11.4. The summed E-state index contributed by atoms with van der Waals surface area (Å²) in [7, 11) is -3.61. The minimum Gasteiger partial charge on any atom is -0.308 e. The quantitative estimate of drug-likeness (QED) is 0.471. The molecule has 3 aromatic carbocycles. The molecule has 0 aromatic heterocycles. The van der Waals surface area contributed by atoms with E-state index in [4.69, 9.17) is 0 Å². The maximum absolute atomic E-state index is 12.4. The van der Waals surface area contributed by atoms with Crippen molar-refractivity contribution in [2.45, 2.75) is 19.9 Å². The summed E-state index contributed by atoms with van der Waals surface area (Å²) < 4.78 is 27.4. The van der Waals surface area contributed by atoms with Crippen LogP contribution in [0.25, 0.3) is 6.08 Å². The third-order valence-electron chi connectivity index (χ3n) is 4.56. The SMILES string of the molecule is Cc1ccc(/C=C/S(=O)(=O)NC(C)c2ccc(NC(=O)Nc3ccccc3)cc2)cc1. The van der Waals surface area contributed by atoms with Crippen LogP contribution in [0.4, 0.5) is 16.2 Å². The molecule has 31 heavy (non-hydrogen) atoms. The van der Waals surface area contributed by atoms with Gasteiger partial charge in [-0.15, -0.1) is 0 Å². The van der Waals surface area contributed by atoms with Crippen LogP contribution in [-0.4, -0.2) is 14.4 Å². The van der Waals surface area contributed by atoms with Gasteiger partial charge in [0.05, 0.1) is 0 Å². The first-order valence-electron chi connectivity index (χ1n) is 9.81. The number of sulfonamides is 1. The van der Waals surface area contributed by atoms with Crippen LogP contribution in [0.3, 0.4) is 0 Å². The molecular weight excluding hydrogens is 410 g/mol. The molecule has 0 saturated carbocycles. The summed E-state index contributed by atoms with van der Waals surface area (Å²) in [5.41, 5.74) is 4.00. The molecule has 3 aromatic rings. The lowest BCUT2D eigenvalue weighted by Gasteiger charge is -2.14. The fraction of sp³-hybridized carbons (Fsp3) is 0.125. The maximum atomic E-state index is 12.4. The van der Waals surface area contributed by atoms with Crippen molar-refractivity contribution < 1.29 is 13.2 Å². The largest absolute Gasteiger partial charge is 0.323 e. The van der Waals surface area contributed by atoms with Gasteiger partial charge in [0.1, 0.15) is 0 Å². The van der Waals surface area contributed by atoms with Crippen molar-refractivity contribution in [3.8, 4) is 0 Å². The second-order valence-electron chi connectivity index (χ2n) is 7.17. The second-order valence-corrected chi connectivity index (χ2v) is 8.76. The minimum atomic E-state index is -3.61. The Bertz CT molecular complexity index is 1140. The van der Waals surface area contributed by atoms with Crippen molar-refractivity contribution in [3.05, 3.63) is 101 Å². The highest BCUT2D eigenvalue weighted by Gasteiger charge is 2.13. The number of nitrogens with one attached hydrogen (secondary N) is 3. The summed E-state index contributed by atoms with van der Waals surface area (Å²) in [6.45, 7) is 3.74. The van der Waals surface area contributed by atoms with E-state index in [1.165, 1.54) is 0 Å². The van der Waals surface area contributed by atoms with Crippen LogP contribution in [-0.2, 0) is 10.0 Å². The summed E-state index contributed by atoms with van der Waals surface area (Å²) in [6.07, 6.45) is 1.56. The summed E-state index contributed by atoms with van der Waals surface area (Å²) in [5.74, 6) is 0. The van der Waals surface area contributed by atoms with Crippen molar-refractivity contribution in [1.29, 1.82) is 0 Å². The number of carbonyl (C=O) groups is 1. The zero-order valence-corrected chi connectivity index (χ0v) is 18.2. The number of amides is 2. The van der Waals surface area contributed by atoms with E-state index in [1.54, 1.807) is 49.4 Å². The zero-order valence-electron chi connectivity index (χ0n) is 17.4. The van der Waals surface area contributed by atoms with Gasteiger partial charge in [-0.3, -0.25) is 0 Å². The molecule has 3 rings (SSSR count). The van der Waals surface area contributed by atoms with Gasteiger partial charge in [0.25, 0.3) is 0 Å². The number of para-hydroxylation sites is 1. The van der Waals surface area contributed by atoms with Crippen molar-refractivity contribution >= 4 is 33.5 Å². The van der Waals surface area contributed by atoms with Crippen LogP contribution >= 0.6 is 0 Å². The normalized spacial score (nSPS) is 12.5. The van der Waals surface area contributed by atoms with Crippen LogP contribution < -0.4 is 15.4 Å². The topological polar surface area (TPSA) is 87.3 Å². The summed E-state index contributed by atoms with van der Waals surface area (Å²) in [6, 6.07) is 22.9. The van der Waals surface area contributed by atoms with Gasteiger partial charge in [0.2, 0.25) is 10.0 Å². The predicted molar refractivity (Wildman–Crippen MR) is 126 cm³/mol. The van der Waals surface area contributed by atoms with Gasteiger partial charge in [-0.2, -0.15) is 0 Å². The molecule has 0 aliphatic rings. The van der Waals surface area contributed by atoms with Crippen LogP contribution in [0.5, 0.6) is 0 Å². The highest BCUT2D eigenvalue weighted by atomic mass is 32.2. The van der Waals surface area contributed by atoms with E-state index in [-0.39, 0.29) is 6.03 Å². The maximum Gasteiger partial charge on any atom is 0.323 e. The summed E-state index contributed by atoms with van der Waals surface area (Å²) in [4.78, 5) is 12.1. The molecule has 0 bridgehead atoms. The first-order chi connectivity index (χ1) is 14.8. The van der Waals surface area contributed by atoms with E-state index in [2.05, 4.69) is 15.4 Å². The molecule has 0 saturated heterocycles. The Morgan fingerprint density at radius 1 is 0.839 bits per heavy atom. The number of urea groups is 1. The molecule has 0 radical (unpaired) electrons. The molecule has 0 spiro atoms. The molecule has 7 heteroatoms. The van der Waals surface area contributed by atoms with Gasteiger partial charge < -0.3 is 10.6 Å². The first kappa shape index (κ1) is 22.3. The highest BCUT2D eigenvalue weighted by Crippen LogP contribution is 2.18. The fourth-order valence-electron chi connectivity index (χ4n) is 2.87. The Kier molecular flexibility index (Phi) is 7.23. The number of anilines is 2. The van der Waals surface area contributed by atoms with Crippen LogP contribution in [0.15, 0.2) is 84.3 Å². The molecule has 1 unspecified atom stereocenters. The van der Waals surface area contributed by atoms with Gasteiger partial charge in [0, 0.05) is 22.8 Å². The number of carbonyl (C=O) groups excluding carboxylic acids is 1. The van der Waals surface area contributed by atoms with E-state index in [0.29, 0.717) is 11.4 Å². The van der Waals surface area contributed by atoms with Gasteiger partial charge in [-0.1, -0.05) is 60.2 Å². The molecule has 2 amide bonds. The molecule has 6 nitrogen and oxygen atoms in total. The molecule has 0 fully saturated rings. The molecule has 0 heterocycles. The van der Waals surface area contributed by atoms with Gasteiger partial charge in [-0.05, 0) is 55.3 Å². The lowest BCUT2D eigenvalue weighted by molar-refractivity contribution is 0.262. The minimum absolute atomic E-state index is 0.353. The molecular formula is C24H25N3O3S. The van der Waals surface area contributed by atoms with Gasteiger partial charge in [0.15, 0.2) is 0 Å². The van der Waals surface area contributed by atoms with Crippen molar-refractivity contribution in [2.75, 3.05) is 10.6 Å². The Labute approximate surface area is 183 Å². The lowest BCUT2D eigenvalue weighted by Crippen LogP contribution is -2.24. The number of hydrogen-bond donors (Lipinski definition) is 3. The fourth-order valence-corrected chi connectivity index (χ4v) is 3.91. The van der Waals surface area contributed by atoms with E-state index in [0.717, 1.165) is 22.1 Å². The van der Waals surface area contributed by atoms with Crippen LogP contribution in [0, 0.1) is 6.92 Å². The third-order valence-corrected chi connectivity index (χ3v) is 5.73. The van der Waals surface area contributed by atoms with E-state index in [1.807, 2.05) is 49.4 Å². The number of rotatable bonds is 7. The Hall–Kier alpha value is -3.42. The number of aryl methyl sites for hydroxylation is 1. The Morgan fingerprint density at radius 2 is 1.42 bits per heavy atom. The van der Waals surface area contributed by atoms with Crippen molar-refractivity contribution in [3.63, 3.8) is 0 Å². The van der Waals surface area contributed by atoms with Gasteiger partial charge >= 0.3 is 6.03 Å². The van der Waals surface area contributed by atoms with Crippen LogP contribution in [0.2, 0.25) is 0 Å². The van der Waals surface area contributed by atoms with Crippen LogP contribution in [0.1, 0.15) is 29.7 Å². The smallest absolute Gasteiger partial charge is 0.308 e. The van der Waals surface area contributed by atoms with E-state index < -0.39 is 16.1 Å². The Morgan fingerprint density at radius 3 is 2.03 bits per heavy atom. The molecule has 1 atom stereocenters. The average Bonchev–Trinajstić information content (AvgIpc) is 2.74. The molecule has 160 valence electrons. The molecule has 0 aliphatic heterocycles. The van der Waals surface area contributed by atoms with Crippen molar-refractivity contribution in [2.24, 2.45) is 0 Å². The van der Waals surface area contributed by atoms with Crippen molar-refractivity contribution in [1.82, 2.24) is 4.72 Å². The number of hydrogen-bond acceptors (Lipinski definition) is 3. The average molecular weight is 436 g/mol. The molecule has 3 N–H and O–H groups in total. The number of benzene rings is 3. The highest BCUT2D eigenvalue weighted by molar-refractivity contribution is 7.92. The standard InChI is InChI=1S/C24H25N3O3S/c1-18-8-10-20(11-9-18)16-17-31(29,30)27-19(2)21-12-14-23(15-13-21)26-24(28)25-22-6-4-3-5-7-22/h3-17,19,27H,1-2H3,(H2,25,26,28)/b17-16+. The second kappa shape index (κ2) is 10.1. The van der Waals surface area contributed by atoms with E-state index in [9.17, 15) is 13.2 Å². The zero-order chi connectivity index (χ0) is 22.3. The Balaban J connectivity index is 1.57. The molecule has 0 aliphatic carbocycles. The monoisotopic (exact) mass is 435 g/mol. The predicted octanol–water partition coefficient (Wildman–Crippen LogP) is 5.29. The lowest BCUT2D eigenvalue weighted by atomic mass is 10.1.